The van der Waals surface area contributed by atoms with Gasteiger partial charge in [0.25, 0.3) is 0 Å². The van der Waals surface area contributed by atoms with Crippen LogP contribution in [0.3, 0.4) is 0 Å². The van der Waals surface area contributed by atoms with Crippen LogP contribution in [0.25, 0.3) is 0 Å². The van der Waals surface area contributed by atoms with Gasteiger partial charge in [-0.25, -0.2) is 0 Å². The third kappa shape index (κ3) is 3.44. The average molecular weight is 305 g/mol. The molecule has 0 radical (unpaired) electrons. The summed E-state index contributed by atoms with van der Waals surface area (Å²) in [5, 5.41) is 0. The van der Waals surface area contributed by atoms with Gasteiger partial charge in [-0.15, -0.1) is 0 Å². The Labute approximate surface area is 115 Å². The van der Waals surface area contributed by atoms with Crippen LogP contribution in [0.5, 0.6) is 5.75 Å². The summed E-state index contributed by atoms with van der Waals surface area (Å²) in [5.74, 6) is 0.689. The highest BCUT2D eigenvalue weighted by Crippen LogP contribution is 2.13. The van der Waals surface area contributed by atoms with E-state index < -0.39 is 0 Å². The maximum Gasteiger partial charge on any atom is 0.200 e. The fourth-order valence-electron chi connectivity index (χ4n) is 1.50. The van der Waals surface area contributed by atoms with Crippen molar-refractivity contribution in [3.8, 4) is 5.75 Å². The Hall–Kier alpha value is -1.61. The number of ketones is 1. The lowest BCUT2D eigenvalue weighted by atomic mass is 10.1. The number of aryl methyl sites for hydroxylation is 1. The molecule has 0 saturated heterocycles. The SMILES string of the molecule is Cc1ccc(OCC(=O)c2ccc(Br)cc2)cc1. The molecule has 0 heterocycles. The predicted octanol–water partition coefficient (Wildman–Crippen LogP) is 4.02. The zero-order valence-corrected chi connectivity index (χ0v) is 11.6. The second-order valence-electron chi connectivity index (χ2n) is 4.03. The van der Waals surface area contributed by atoms with Crippen molar-refractivity contribution in [2.45, 2.75) is 6.92 Å². The fourth-order valence-corrected chi connectivity index (χ4v) is 1.77. The van der Waals surface area contributed by atoms with Crippen LogP contribution >= 0.6 is 15.9 Å². The van der Waals surface area contributed by atoms with Gasteiger partial charge >= 0.3 is 0 Å². The summed E-state index contributed by atoms with van der Waals surface area (Å²) >= 11 is 3.33. The highest BCUT2D eigenvalue weighted by molar-refractivity contribution is 9.10. The minimum Gasteiger partial charge on any atom is -0.485 e. The van der Waals surface area contributed by atoms with Gasteiger partial charge in [-0.2, -0.15) is 0 Å². The third-order valence-electron chi connectivity index (χ3n) is 2.56. The molecule has 0 aromatic heterocycles. The van der Waals surface area contributed by atoms with Crippen molar-refractivity contribution in [2.75, 3.05) is 6.61 Å². The van der Waals surface area contributed by atoms with Crippen LogP contribution in [-0.2, 0) is 0 Å². The molecular weight excluding hydrogens is 292 g/mol. The van der Waals surface area contributed by atoms with Gasteiger partial charge in [0, 0.05) is 10.0 Å². The monoisotopic (exact) mass is 304 g/mol. The molecular formula is C15H13BrO2. The first kappa shape index (κ1) is 12.8. The molecule has 0 N–H and O–H groups in total. The number of carbonyl (C=O) groups excluding carboxylic acids is 1. The Morgan fingerprint density at radius 1 is 1.06 bits per heavy atom. The van der Waals surface area contributed by atoms with Gasteiger partial charge in [0.15, 0.2) is 12.4 Å². The van der Waals surface area contributed by atoms with Crippen LogP contribution < -0.4 is 4.74 Å². The molecule has 0 aliphatic heterocycles. The first-order valence-electron chi connectivity index (χ1n) is 5.63. The molecule has 2 aromatic rings. The normalized spacial score (nSPS) is 10.1. The molecule has 0 bridgehead atoms. The molecule has 0 unspecified atom stereocenters. The van der Waals surface area contributed by atoms with E-state index in [4.69, 9.17) is 4.74 Å². The summed E-state index contributed by atoms with van der Waals surface area (Å²) in [7, 11) is 0. The number of benzene rings is 2. The van der Waals surface area contributed by atoms with E-state index in [9.17, 15) is 4.79 Å². The highest BCUT2D eigenvalue weighted by atomic mass is 79.9. The van der Waals surface area contributed by atoms with E-state index in [-0.39, 0.29) is 12.4 Å². The topological polar surface area (TPSA) is 26.3 Å². The Bertz CT molecular complexity index is 529. The second kappa shape index (κ2) is 5.83. The van der Waals surface area contributed by atoms with Crippen LogP contribution in [0.4, 0.5) is 0 Å². The minimum atomic E-state index is -0.0249. The second-order valence-corrected chi connectivity index (χ2v) is 4.95. The molecule has 0 saturated carbocycles. The molecule has 2 rings (SSSR count). The van der Waals surface area contributed by atoms with Gasteiger partial charge < -0.3 is 4.74 Å². The van der Waals surface area contributed by atoms with E-state index in [0.29, 0.717) is 11.3 Å². The van der Waals surface area contributed by atoms with E-state index in [1.54, 1.807) is 12.1 Å². The number of ether oxygens (including phenoxy) is 1. The Kier molecular flexibility index (Phi) is 4.15. The summed E-state index contributed by atoms with van der Waals surface area (Å²) in [6.07, 6.45) is 0. The Morgan fingerprint density at radius 3 is 2.28 bits per heavy atom. The van der Waals surface area contributed by atoms with Gasteiger partial charge in [0.1, 0.15) is 5.75 Å². The zero-order valence-electron chi connectivity index (χ0n) is 10.0. The molecule has 0 atom stereocenters. The van der Waals surface area contributed by atoms with E-state index >= 15 is 0 Å². The van der Waals surface area contributed by atoms with Crippen molar-refractivity contribution >= 4 is 21.7 Å². The lowest BCUT2D eigenvalue weighted by Crippen LogP contribution is -2.11. The minimum absolute atomic E-state index is 0.0249. The van der Waals surface area contributed by atoms with E-state index in [2.05, 4.69) is 15.9 Å². The van der Waals surface area contributed by atoms with Crippen molar-refractivity contribution in [2.24, 2.45) is 0 Å². The van der Waals surface area contributed by atoms with Gasteiger partial charge in [-0.05, 0) is 31.2 Å². The molecule has 0 amide bonds. The number of Topliss-reactive ketones (excluding diaryl/α,β-unsaturated/α-hetero) is 1. The van der Waals surface area contributed by atoms with Crippen LogP contribution in [0.2, 0.25) is 0 Å². The summed E-state index contributed by atoms with van der Waals surface area (Å²) < 4.78 is 6.40. The van der Waals surface area contributed by atoms with Crippen molar-refractivity contribution < 1.29 is 9.53 Å². The lowest BCUT2D eigenvalue weighted by molar-refractivity contribution is 0.0921. The molecule has 2 aromatic carbocycles. The van der Waals surface area contributed by atoms with Crippen molar-refractivity contribution in [3.63, 3.8) is 0 Å². The van der Waals surface area contributed by atoms with Crippen LogP contribution in [0.1, 0.15) is 15.9 Å². The van der Waals surface area contributed by atoms with Crippen molar-refractivity contribution in [1.29, 1.82) is 0 Å². The number of halogens is 1. The molecule has 0 spiro atoms. The number of rotatable bonds is 4. The first-order chi connectivity index (χ1) is 8.65. The highest BCUT2D eigenvalue weighted by Gasteiger charge is 2.06. The molecule has 0 fully saturated rings. The summed E-state index contributed by atoms with van der Waals surface area (Å²) in [5.41, 5.74) is 1.83. The largest absolute Gasteiger partial charge is 0.485 e. The van der Waals surface area contributed by atoms with Crippen LogP contribution in [-0.4, -0.2) is 12.4 Å². The Balaban J connectivity index is 1.96. The predicted molar refractivity (Wildman–Crippen MR) is 75.1 cm³/mol. The summed E-state index contributed by atoms with van der Waals surface area (Å²) in [6.45, 7) is 2.07. The van der Waals surface area contributed by atoms with E-state index in [1.807, 2.05) is 43.3 Å². The summed E-state index contributed by atoms with van der Waals surface area (Å²) in [4.78, 5) is 11.9. The number of hydrogen-bond donors (Lipinski definition) is 0. The molecule has 0 aliphatic rings. The quantitative estimate of drug-likeness (QED) is 0.798. The van der Waals surface area contributed by atoms with Gasteiger partial charge in [-0.3, -0.25) is 4.79 Å². The molecule has 0 aliphatic carbocycles. The fraction of sp³-hybridized carbons (Fsp3) is 0.133. The number of hydrogen-bond acceptors (Lipinski definition) is 2. The smallest absolute Gasteiger partial charge is 0.200 e. The molecule has 18 heavy (non-hydrogen) atoms. The van der Waals surface area contributed by atoms with Gasteiger partial charge in [-0.1, -0.05) is 45.8 Å². The van der Waals surface area contributed by atoms with Gasteiger partial charge in [0.05, 0.1) is 0 Å². The van der Waals surface area contributed by atoms with E-state index in [0.717, 1.165) is 4.47 Å². The maximum absolute atomic E-state index is 11.9. The molecule has 2 nitrogen and oxygen atoms in total. The maximum atomic E-state index is 11.9. The standard InChI is InChI=1S/C15H13BrO2/c1-11-2-8-14(9-3-11)18-10-15(17)12-4-6-13(16)7-5-12/h2-9H,10H2,1H3. The number of carbonyl (C=O) groups is 1. The lowest BCUT2D eigenvalue weighted by Gasteiger charge is -2.05. The molecule has 92 valence electrons. The van der Waals surface area contributed by atoms with Crippen molar-refractivity contribution in [1.82, 2.24) is 0 Å². The average Bonchev–Trinajstić information content (AvgIpc) is 2.38. The van der Waals surface area contributed by atoms with Crippen molar-refractivity contribution in [3.05, 3.63) is 64.1 Å². The molecule has 3 heteroatoms. The third-order valence-corrected chi connectivity index (χ3v) is 3.09. The van der Waals surface area contributed by atoms with Gasteiger partial charge in [0.2, 0.25) is 0 Å². The van der Waals surface area contributed by atoms with Crippen LogP contribution in [0, 0.1) is 6.92 Å². The summed E-state index contributed by atoms with van der Waals surface area (Å²) in [6, 6.07) is 14.9. The Morgan fingerprint density at radius 2 is 1.67 bits per heavy atom. The van der Waals surface area contributed by atoms with Crippen LogP contribution in [0.15, 0.2) is 53.0 Å². The first-order valence-corrected chi connectivity index (χ1v) is 6.43. The zero-order chi connectivity index (χ0) is 13.0. The van der Waals surface area contributed by atoms with E-state index in [1.165, 1.54) is 5.56 Å².